The number of aromatic nitrogens is 3. The van der Waals surface area contributed by atoms with Gasteiger partial charge in [-0.05, 0) is 107 Å². The van der Waals surface area contributed by atoms with Crippen molar-refractivity contribution in [2.45, 2.75) is 43.9 Å². The fourth-order valence-corrected chi connectivity index (χ4v) is 10.3. The van der Waals surface area contributed by atoms with Crippen LogP contribution in [0.25, 0.3) is 67.2 Å². The fourth-order valence-electron chi connectivity index (χ4n) is 10.3. The summed E-state index contributed by atoms with van der Waals surface area (Å²) in [4.78, 5) is 15.5. The predicted octanol–water partition coefficient (Wildman–Crippen LogP) is 11.7. The van der Waals surface area contributed by atoms with Gasteiger partial charge in [0.05, 0.1) is 11.6 Å². The van der Waals surface area contributed by atoms with Gasteiger partial charge in [0, 0.05) is 22.1 Å². The summed E-state index contributed by atoms with van der Waals surface area (Å²) < 4.78 is 0. The minimum absolute atomic E-state index is 0.366. The predicted molar refractivity (Wildman–Crippen MR) is 209 cm³/mol. The average Bonchev–Trinajstić information content (AvgIpc) is 3.20. The highest BCUT2D eigenvalue weighted by atomic mass is 15.0. The van der Waals surface area contributed by atoms with Gasteiger partial charge in [-0.2, -0.15) is 5.26 Å². The van der Waals surface area contributed by atoms with Gasteiger partial charge in [0.1, 0.15) is 0 Å². The molecule has 0 spiro atoms. The summed E-state index contributed by atoms with van der Waals surface area (Å²) in [5.74, 6) is 4.58. The Morgan fingerprint density at radius 2 is 1.00 bits per heavy atom. The summed E-state index contributed by atoms with van der Waals surface area (Å²) in [5.41, 5.74) is 9.62. The molecule has 0 aliphatic heterocycles. The number of fused-ring (bicyclic) bond motifs is 1. The molecule has 0 N–H and O–H groups in total. The first-order chi connectivity index (χ1) is 25.6. The first kappa shape index (κ1) is 30.9. The maximum Gasteiger partial charge on any atom is 0.164 e. The van der Waals surface area contributed by atoms with Gasteiger partial charge in [0.2, 0.25) is 0 Å². The van der Waals surface area contributed by atoms with E-state index in [1.807, 2.05) is 60.7 Å². The molecular weight excluding hydrogens is 633 g/mol. The van der Waals surface area contributed by atoms with E-state index in [-0.39, 0.29) is 0 Å². The quantitative estimate of drug-likeness (QED) is 0.177. The van der Waals surface area contributed by atoms with Gasteiger partial charge < -0.3 is 0 Å². The van der Waals surface area contributed by atoms with Crippen LogP contribution in [0.15, 0.2) is 140 Å². The molecule has 1 aromatic heterocycles. The summed E-state index contributed by atoms with van der Waals surface area (Å²) in [6, 6.07) is 50.9. The van der Waals surface area contributed by atoms with Crippen LogP contribution < -0.4 is 0 Å². The van der Waals surface area contributed by atoms with Gasteiger partial charge in [-0.25, -0.2) is 15.0 Å². The van der Waals surface area contributed by atoms with Crippen molar-refractivity contribution in [2.75, 3.05) is 0 Å². The van der Waals surface area contributed by atoms with Crippen LogP contribution in [0.3, 0.4) is 0 Å². The third kappa shape index (κ3) is 5.23. The van der Waals surface area contributed by atoms with Crippen LogP contribution in [0, 0.1) is 29.1 Å². The Morgan fingerprint density at radius 1 is 0.462 bits per heavy atom. The van der Waals surface area contributed by atoms with Crippen LogP contribution in [0.5, 0.6) is 0 Å². The smallest absolute Gasteiger partial charge is 0.164 e. The Kier molecular flexibility index (Phi) is 7.35. The SMILES string of the molecule is N#Cc1cccc2c(-c3nc(-c4ccccc4)nc(-c4ccccc4-c4ccc(C56CC7CC(CC(C7)C5)C6)cc4)n3)ccc(-c3ccccc3)c12. The van der Waals surface area contributed by atoms with Gasteiger partial charge in [-0.1, -0.05) is 127 Å². The van der Waals surface area contributed by atoms with Crippen molar-refractivity contribution < 1.29 is 0 Å². The normalized spacial score (nSPS) is 21.6. The maximum atomic E-state index is 10.2. The topological polar surface area (TPSA) is 62.5 Å². The van der Waals surface area contributed by atoms with Gasteiger partial charge in [0.15, 0.2) is 17.5 Å². The summed E-state index contributed by atoms with van der Waals surface area (Å²) in [7, 11) is 0. The first-order valence-corrected chi connectivity index (χ1v) is 18.7. The molecule has 4 saturated carbocycles. The molecule has 250 valence electrons. The van der Waals surface area contributed by atoms with Crippen LogP contribution in [-0.4, -0.2) is 15.0 Å². The highest BCUT2D eigenvalue weighted by molar-refractivity contribution is 6.07. The lowest BCUT2D eigenvalue weighted by Crippen LogP contribution is -2.48. The molecule has 0 unspecified atom stereocenters. The molecule has 4 aliphatic carbocycles. The van der Waals surface area contributed by atoms with Crippen molar-refractivity contribution >= 4 is 10.8 Å². The molecule has 0 atom stereocenters. The number of nitrogens with zero attached hydrogens (tertiary/aromatic N) is 4. The molecule has 4 bridgehead atoms. The molecule has 4 heteroatoms. The van der Waals surface area contributed by atoms with Gasteiger partial charge in [-0.15, -0.1) is 0 Å². The molecule has 7 aromatic rings. The van der Waals surface area contributed by atoms with Gasteiger partial charge >= 0.3 is 0 Å². The molecule has 4 fully saturated rings. The highest BCUT2D eigenvalue weighted by Gasteiger charge is 2.51. The molecule has 4 aliphatic rings. The van der Waals surface area contributed by atoms with E-state index < -0.39 is 0 Å². The fraction of sp³-hybridized carbons (Fsp3) is 0.208. The lowest BCUT2D eigenvalue weighted by Gasteiger charge is -2.57. The highest BCUT2D eigenvalue weighted by Crippen LogP contribution is 2.60. The zero-order chi connectivity index (χ0) is 34.6. The zero-order valence-electron chi connectivity index (χ0n) is 29.0. The molecule has 52 heavy (non-hydrogen) atoms. The second kappa shape index (κ2) is 12.4. The Morgan fingerprint density at radius 3 is 1.65 bits per heavy atom. The van der Waals surface area contributed by atoms with Crippen LogP contribution in [0.2, 0.25) is 0 Å². The van der Waals surface area contributed by atoms with Crippen LogP contribution >= 0.6 is 0 Å². The molecular formula is C48H38N4. The number of rotatable bonds is 6. The molecule has 1 heterocycles. The van der Waals surface area contributed by atoms with Crippen molar-refractivity contribution in [3.05, 3.63) is 151 Å². The van der Waals surface area contributed by atoms with Crippen molar-refractivity contribution in [2.24, 2.45) is 17.8 Å². The Balaban J connectivity index is 1.11. The van der Waals surface area contributed by atoms with Gasteiger partial charge in [0.25, 0.3) is 0 Å². The third-order valence-electron chi connectivity index (χ3n) is 12.2. The summed E-state index contributed by atoms with van der Waals surface area (Å²) in [6.45, 7) is 0. The maximum absolute atomic E-state index is 10.2. The van der Waals surface area contributed by atoms with Crippen molar-refractivity contribution in [3.63, 3.8) is 0 Å². The van der Waals surface area contributed by atoms with Crippen LogP contribution in [0.4, 0.5) is 0 Å². The summed E-state index contributed by atoms with van der Waals surface area (Å²) in [5, 5.41) is 12.1. The Bertz CT molecular complexity index is 2460. The number of benzene rings is 6. The third-order valence-corrected chi connectivity index (χ3v) is 12.2. The standard InChI is InChI=1S/C48H38N4/c49-30-37-14-9-17-41-43(23-22-40(44(37)41)34-10-3-1-4-11-34)47-51-45(36-12-5-2-6-13-36)50-46(52-47)42-16-8-7-15-39(42)35-18-20-38(21-19-35)48-27-31-24-32(28-48)26-33(25-31)29-48/h1-23,31-33H,24-29H2. The number of nitriles is 1. The molecule has 6 aromatic carbocycles. The zero-order valence-corrected chi connectivity index (χ0v) is 29.0. The van der Waals surface area contributed by atoms with E-state index in [0.717, 1.165) is 61.9 Å². The minimum Gasteiger partial charge on any atom is -0.208 e. The number of hydrogen-bond acceptors (Lipinski definition) is 4. The lowest BCUT2D eigenvalue weighted by atomic mass is 9.48. The van der Waals surface area contributed by atoms with E-state index in [2.05, 4.69) is 84.9 Å². The van der Waals surface area contributed by atoms with E-state index in [9.17, 15) is 5.26 Å². The van der Waals surface area contributed by atoms with E-state index in [0.29, 0.717) is 28.5 Å². The van der Waals surface area contributed by atoms with Crippen molar-refractivity contribution in [1.29, 1.82) is 5.26 Å². The van der Waals surface area contributed by atoms with E-state index in [4.69, 9.17) is 15.0 Å². The van der Waals surface area contributed by atoms with E-state index in [1.54, 1.807) is 0 Å². The molecule has 4 nitrogen and oxygen atoms in total. The second-order valence-electron chi connectivity index (χ2n) is 15.4. The molecule has 0 saturated heterocycles. The minimum atomic E-state index is 0.366. The summed E-state index contributed by atoms with van der Waals surface area (Å²) >= 11 is 0. The average molecular weight is 671 g/mol. The Labute approximate surface area is 304 Å². The molecule has 0 radical (unpaired) electrons. The van der Waals surface area contributed by atoms with Crippen LogP contribution in [0.1, 0.15) is 49.7 Å². The summed E-state index contributed by atoms with van der Waals surface area (Å²) in [6.07, 6.45) is 8.45. The monoisotopic (exact) mass is 670 g/mol. The molecule has 0 amide bonds. The largest absolute Gasteiger partial charge is 0.208 e. The first-order valence-electron chi connectivity index (χ1n) is 18.7. The Hall–Kier alpha value is -5.92. The van der Waals surface area contributed by atoms with Crippen LogP contribution in [-0.2, 0) is 5.41 Å². The van der Waals surface area contributed by atoms with E-state index >= 15 is 0 Å². The van der Waals surface area contributed by atoms with Crippen molar-refractivity contribution in [1.82, 2.24) is 15.0 Å². The van der Waals surface area contributed by atoms with Gasteiger partial charge in [-0.3, -0.25) is 0 Å². The van der Waals surface area contributed by atoms with Crippen molar-refractivity contribution in [3.8, 4) is 62.5 Å². The van der Waals surface area contributed by atoms with E-state index in [1.165, 1.54) is 49.7 Å². The molecule has 11 rings (SSSR count). The number of hydrogen-bond donors (Lipinski definition) is 0. The second-order valence-corrected chi connectivity index (χ2v) is 15.4. The lowest BCUT2D eigenvalue weighted by molar-refractivity contribution is -0.00518.